The highest BCUT2D eigenvalue weighted by Crippen LogP contribution is 2.37. The molecular formula is C42H56ClIN16O10. The van der Waals surface area contributed by atoms with E-state index >= 15 is 0 Å². The van der Waals surface area contributed by atoms with E-state index in [0.29, 0.717) is 48.6 Å². The SMILES string of the molecule is CC1CN=CNc2c1ncn2[C@@H]1O[C@H](CO)C(O)C1O.CC1CN=CNc2c1ncn2[C@H]1CC(O)[C@@H](CO)O1.CCc1ncnc2n[nH]c(I)c12.Cc1nc(Cl)nc2c1ncn2[C@H]1C[C@H](O)[C@@H](CO)O1. The molecule has 10 N–H and O–H groups in total. The van der Waals surface area contributed by atoms with Crippen LogP contribution < -0.4 is 10.6 Å². The number of H-pyrrole nitrogens is 1. The summed E-state index contributed by atoms with van der Waals surface area (Å²) in [5.74, 6) is 1.93. The molecule has 3 saturated heterocycles. The topological polar surface area (TPSA) is 352 Å². The molecular weight excluding hydrogens is 1050 g/mol. The lowest BCUT2D eigenvalue weighted by Crippen LogP contribution is -2.33. The molecule has 26 nitrogen and oxygen atoms in total. The van der Waals surface area contributed by atoms with Crippen molar-refractivity contribution in [1.82, 2.24) is 58.8 Å². The Balaban J connectivity index is 0.000000127. The Kier molecular flexibility index (Phi) is 16.6. The predicted octanol–water partition coefficient (Wildman–Crippen LogP) is 1.08. The zero-order chi connectivity index (χ0) is 49.8. The molecule has 0 aliphatic carbocycles. The highest BCUT2D eigenvalue weighted by atomic mass is 127. The summed E-state index contributed by atoms with van der Waals surface area (Å²) >= 11 is 8.05. The van der Waals surface area contributed by atoms with Crippen molar-refractivity contribution in [2.75, 3.05) is 43.5 Å². The summed E-state index contributed by atoms with van der Waals surface area (Å²) < 4.78 is 22.9. The van der Waals surface area contributed by atoms with Crippen molar-refractivity contribution in [3.8, 4) is 0 Å². The lowest BCUT2D eigenvalue weighted by Gasteiger charge is -2.19. The van der Waals surface area contributed by atoms with E-state index in [0.717, 1.165) is 44.1 Å². The van der Waals surface area contributed by atoms with Crippen LogP contribution in [0.5, 0.6) is 0 Å². The van der Waals surface area contributed by atoms with Gasteiger partial charge in [0.25, 0.3) is 0 Å². The number of halogens is 2. The molecule has 12 atom stereocenters. The van der Waals surface area contributed by atoms with E-state index in [9.17, 15) is 20.4 Å². The van der Waals surface area contributed by atoms with E-state index in [1.807, 2.05) is 11.5 Å². The summed E-state index contributed by atoms with van der Waals surface area (Å²) in [5.41, 5.74) is 5.49. The molecule has 11 heterocycles. The van der Waals surface area contributed by atoms with Crippen molar-refractivity contribution in [3.63, 3.8) is 0 Å². The van der Waals surface area contributed by atoms with Crippen LogP contribution in [0.3, 0.4) is 0 Å². The van der Waals surface area contributed by atoms with Gasteiger partial charge in [-0.2, -0.15) is 10.1 Å². The van der Waals surface area contributed by atoms with Gasteiger partial charge in [0.2, 0.25) is 5.28 Å². The molecule has 0 radical (unpaired) electrons. The monoisotopic (exact) mass is 1110 g/mol. The number of aliphatic imine (C=N–C) groups is 2. The highest BCUT2D eigenvalue weighted by molar-refractivity contribution is 14.1. The molecule has 5 aliphatic rings. The van der Waals surface area contributed by atoms with Gasteiger partial charge in [0.1, 0.15) is 70.2 Å². The van der Waals surface area contributed by atoms with Crippen LogP contribution in [0.1, 0.15) is 86.9 Å². The number of ether oxygens (including phenoxy) is 3. The molecule has 0 aromatic carbocycles. The fraction of sp³-hybridized carbons (Fsp3) is 0.571. The standard InChI is InChI=1S/C12H18N4O4.C12H18N4O3.C11H13ClN4O3.C7H7IN4/c1-6-2-13-4-14-11-8(6)15-5-16(11)12-10(19)9(18)7(3-17)20-12;1-7-3-13-5-14-12-11(7)15-6-16(12)10-2-8(18)9(4-17)19-10;1-5-9-10(15-11(12)14-5)16(4-13-9)8-2-6(18)7(3-17)19-8;1-2-4-5-6(8)11-12-7(5)10-3-9-4/h4-7,9-10,12,17-19H,2-3H2,1H3,(H,13,14);5-10,17-18H,2-4H2,1H3,(H,13,14);4,6-8,17-18H,2-3H2,1H3;3H,2H2,1H3,(H,9,10,11,12)/t6?,7-,9?,10?,12-;7?,8?,9-,10-;6-,7+,8+;/m110./s1. The molecule has 5 aliphatic heterocycles. The Labute approximate surface area is 418 Å². The summed E-state index contributed by atoms with van der Waals surface area (Å²) in [6.45, 7) is 8.53. The summed E-state index contributed by atoms with van der Waals surface area (Å²) in [6, 6.07) is 0. The van der Waals surface area contributed by atoms with Gasteiger partial charge in [-0.25, -0.2) is 29.9 Å². The fourth-order valence-electron chi connectivity index (χ4n) is 8.58. The molecule has 0 amide bonds. The number of nitrogens with one attached hydrogen (secondary N) is 3. The van der Waals surface area contributed by atoms with E-state index in [-0.39, 0.29) is 43.2 Å². The van der Waals surface area contributed by atoms with Gasteiger partial charge in [0.05, 0.1) is 91.8 Å². The minimum absolute atomic E-state index is 0.143. The van der Waals surface area contributed by atoms with Crippen molar-refractivity contribution in [1.29, 1.82) is 0 Å². The first-order valence-corrected chi connectivity index (χ1v) is 24.1. The first kappa shape index (κ1) is 51.4. The van der Waals surface area contributed by atoms with Crippen molar-refractivity contribution in [3.05, 3.63) is 57.1 Å². The van der Waals surface area contributed by atoms with Gasteiger partial charge in [-0.15, -0.1) is 0 Å². The average Bonchev–Trinajstić information content (AvgIpc) is 4.24. The third kappa shape index (κ3) is 10.7. The predicted molar refractivity (Wildman–Crippen MR) is 260 cm³/mol. The van der Waals surface area contributed by atoms with Crippen LogP contribution in [0, 0.1) is 10.6 Å². The van der Waals surface area contributed by atoms with Crippen LogP contribution in [0.2, 0.25) is 5.28 Å². The summed E-state index contributed by atoms with van der Waals surface area (Å²) in [5, 5.41) is 81.1. The van der Waals surface area contributed by atoms with Crippen LogP contribution >= 0.6 is 34.2 Å². The molecule has 70 heavy (non-hydrogen) atoms. The first-order valence-electron chi connectivity index (χ1n) is 22.6. The molecule has 6 aromatic rings. The number of aromatic nitrogens is 12. The number of aliphatic hydroxyl groups is 7. The molecule has 3 fully saturated rings. The average molecular weight is 1110 g/mol. The molecule has 11 rings (SSSR count). The van der Waals surface area contributed by atoms with E-state index in [4.69, 9.17) is 41.1 Å². The largest absolute Gasteiger partial charge is 0.394 e. The second kappa shape index (κ2) is 22.7. The van der Waals surface area contributed by atoms with Crippen molar-refractivity contribution in [2.45, 2.75) is 120 Å². The van der Waals surface area contributed by atoms with Gasteiger partial charge >= 0.3 is 0 Å². The number of rotatable bonds is 7. The van der Waals surface area contributed by atoms with Gasteiger partial charge in [-0.3, -0.25) is 28.8 Å². The number of aliphatic hydroxyl groups excluding tert-OH is 7. The summed E-state index contributed by atoms with van der Waals surface area (Å²) in [4.78, 5) is 37.8. The Morgan fingerprint density at radius 3 is 1.87 bits per heavy atom. The van der Waals surface area contributed by atoms with Gasteiger partial charge in [0, 0.05) is 37.8 Å². The lowest BCUT2D eigenvalue weighted by atomic mass is 10.1. The van der Waals surface area contributed by atoms with Gasteiger partial charge in [-0.1, -0.05) is 20.8 Å². The second-order valence-corrected chi connectivity index (χ2v) is 18.5. The Morgan fingerprint density at radius 1 is 0.729 bits per heavy atom. The smallest absolute Gasteiger partial charge is 0.224 e. The third-order valence-electron chi connectivity index (χ3n) is 12.4. The normalized spacial score (nSPS) is 28.9. The quantitative estimate of drug-likeness (QED) is 0.0790. The molecule has 5 unspecified atom stereocenters. The first-order chi connectivity index (χ1) is 33.8. The maximum atomic E-state index is 10.1. The van der Waals surface area contributed by atoms with Gasteiger partial charge < -0.3 is 60.6 Å². The Hall–Kier alpha value is -4.92. The zero-order valence-corrected chi connectivity index (χ0v) is 41.4. The van der Waals surface area contributed by atoms with Crippen LogP contribution in [-0.4, -0.2) is 183 Å². The van der Waals surface area contributed by atoms with Crippen LogP contribution in [0.15, 0.2) is 35.3 Å². The maximum absolute atomic E-state index is 10.1. The van der Waals surface area contributed by atoms with Crippen LogP contribution in [-0.2, 0) is 20.6 Å². The molecule has 378 valence electrons. The maximum Gasteiger partial charge on any atom is 0.224 e. The molecule has 28 heteroatoms. The Bertz CT molecular complexity index is 2770. The summed E-state index contributed by atoms with van der Waals surface area (Å²) in [6.07, 6.45) is 4.37. The number of anilines is 2. The fourth-order valence-corrected chi connectivity index (χ4v) is 9.46. The summed E-state index contributed by atoms with van der Waals surface area (Å²) in [7, 11) is 0. The molecule has 0 bridgehead atoms. The van der Waals surface area contributed by atoms with Gasteiger partial charge in [0.15, 0.2) is 17.5 Å². The van der Waals surface area contributed by atoms with Crippen molar-refractivity contribution < 1.29 is 50.0 Å². The van der Waals surface area contributed by atoms with Crippen molar-refractivity contribution in [2.24, 2.45) is 9.98 Å². The number of imidazole rings is 3. The minimum atomic E-state index is -1.13. The number of aryl methyl sites for hydroxylation is 2. The van der Waals surface area contributed by atoms with Gasteiger partial charge in [-0.05, 0) is 47.5 Å². The van der Waals surface area contributed by atoms with E-state index in [2.05, 4.69) is 102 Å². The van der Waals surface area contributed by atoms with E-state index < -0.39 is 55.2 Å². The number of hydrogen-bond acceptors (Lipinski definition) is 22. The van der Waals surface area contributed by atoms with Crippen LogP contribution in [0.25, 0.3) is 22.2 Å². The van der Waals surface area contributed by atoms with Crippen molar-refractivity contribution >= 4 is 80.7 Å². The lowest BCUT2D eigenvalue weighted by molar-refractivity contribution is -0.0518. The van der Waals surface area contributed by atoms with E-state index in [1.165, 1.54) is 0 Å². The number of nitrogens with zero attached hydrogens (tertiary/aromatic N) is 13. The second-order valence-electron chi connectivity index (χ2n) is 17.1. The highest BCUT2D eigenvalue weighted by Gasteiger charge is 2.44. The molecule has 0 spiro atoms. The Morgan fingerprint density at radius 2 is 1.30 bits per heavy atom. The van der Waals surface area contributed by atoms with E-state index in [1.54, 1.807) is 54.0 Å². The van der Waals surface area contributed by atoms with Crippen LogP contribution in [0.4, 0.5) is 11.6 Å². The zero-order valence-electron chi connectivity index (χ0n) is 38.5. The molecule has 0 saturated carbocycles. The molecule has 6 aromatic heterocycles. The third-order valence-corrected chi connectivity index (χ3v) is 13.3. The number of fused-ring (bicyclic) bond motifs is 4. The minimum Gasteiger partial charge on any atom is -0.394 e. The number of hydrogen-bond donors (Lipinski definition) is 10. The number of aromatic amines is 1.